The molecule has 0 aliphatic carbocycles. The lowest BCUT2D eigenvalue weighted by Gasteiger charge is -2.19. The van der Waals surface area contributed by atoms with Gasteiger partial charge in [0, 0.05) is 32.7 Å². The van der Waals surface area contributed by atoms with Crippen molar-refractivity contribution in [1.29, 1.82) is 0 Å². The minimum Gasteiger partial charge on any atom is -0.444 e. The van der Waals surface area contributed by atoms with Gasteiger partial charge >= 0.3 is 6.09 Å². The van der Waals surface area contributed by atoms with Crippen molar-refractivity contribution in [3.63, 3.8) is 0 Å². The van der Waals surface area contributed by atoms with Crippen LogP contribution >= 0.6 is 0 Å². The van der Waals surface area contributed by atoms with Crippen molar-refractivity contribution in [2.24, 2.45) is 10.9 Å². The maximum Gasteiger partial charge on any atom is 0.407 e. The van der Waals surface area contributed by atoms with Crippen molar-refractivity contribution in [1.82, 2.24) is 20.9 Å². The molecule has 1 saturated heterocycles. The maximum absolute atomic E-state index is 11.6. The number of carbonyl (C=O) groups is 1. The lowest BCUT2D eigenvalue weighted by molar-refractivity contribution is 0.0527. The number of amides is 1. The first kappa shape index (κ1) is 21.5. The van der Waals surface area contributed by atoms with Gasteiger partial charge in [-0.15, -0.1) is 0 Å². The Hall–Kier alpha value is -1.50. The summed E-state index contributed by atoms with van der Waals surface area (Å²) in [6.45, 7) is 16.4. The Kier molecular flexibility index (Phi) is 9.63. The first-order chi connectivity index (χ1) is 11.8. The summed E-state index contributed by atoms with van der Waals surface area (Å²) in [5.74, 6) is 1.51. The number of alkyl carbamates (subject to hydrolysis) is 1. The lowest BCUT2D eigenvalue weighted by atomic mass is 10.1. The highest BCUT2D eigenvalue weighted by atomic mass is 16.6. The maximum atomic E-state index is 11.6. The van der Waals surface area contributed by atoms with Crippen LogP contribution in [0.1, 0.15) is 47.5 Å². The number of rotatable bonds is 8. The van der Waals surface area contributed by atoms with Gasteiger partial charge < -0.3 is 25.6 Å². The molecule has 7 nitrogen and oxygen atoms in total. The van der Waals surface area contributed by atoms with Crippen LogP contribution in [0.3, 0.4) is 0 Å². The first-order valence-electron chi connectivity index (χ1n) is 9.55. The molecule has 1 amide bonds. The molecule has 1 heterocycles. The van der Waals surface area contributed by atoms with E-state index in [1.165, 1.54) is 13.0 Å². The Labute approximate surface area is 153 Å². The topological polar surface area (TPSA) is 78.0 Å². The normalized spacial score (nSPS) is 18.9. The number of ether oxygens (including phenoxy) is 1. The molecule has 1 rings (SSSR count). The van der Waals surface area contributed by atoms with E-state index in [4.69, 9.17) is 9.73 Å². The molecule has 25 heavy (non-hydrogen) atoms. The molecule has 3 N–H and O–H groups in total. The van der Waals surface area contributed by atoms with Crippen LogP contribution in [0.5, 0.6) is 0 Å². The summed E-state index contributed by atoms with van der Waals surface area (Å²) < 4.78 is 5.21. The second kappa shape index (κ2) is 11.2. The predicted molar refractivity (Wildman–Crippen MR) is 103 cm³/mol. The molecular formula is C18H37N5O2. The van der Waals surface area contributed by atoms with Crippen molar-refractivity contribution in [3.8, 4) is 0 Å². The quantitative estimate of drug-likeness (QED) is 0.352. The van der Waals surface area contributed by atoms with Crippen LogP contribution in [0, 0.1) is 5.92 Å². The SMILES string of the molecule is CCNC(=NCC1CCN(CC)C1)NCCCNC(=O)OC(C)(C)C. The predicted octanol–water partition coefficient (Wildman–Crippen LogP) is 1.80. The number of nitrogens with one attached hydrogen (secondary N) is 3. The minimum absolute atomic E-state index is 0.366. The molecule has 0 aromatic heterocycles. The van der Waals surface area contributed by atoms with Crippen LogP contribution in [-0.4, -0.2) is 68.4 Å². The molecule has 1 unspecified atom stereocenters. The molecule has 0 aromatic rings. The largest absolute Gasteiger partial charge is 0.444 e. The fraction of sp³-hybridized carbons (Fsp3) is 0.889. The number of nitrogens with zero attached hydrogens (tertiary/aromatic N) is 2. The molecule has 1 aliphatic rings. The van der Waals surface area contributed by atoms with Gasteiger partial charge in [-0.3, -0.25) is 4.99 Å². The average molecular weight is 356 g/mol. The highest BCUT2D eigenvalue weighted by Gasteiger charge is 2.20. The monoisotopic (exact) mass is 355 g/mol. The second-order valence-corrected chi connectivity index (χ2v) is 7.48. The molecule has 1 fully saturated rings. The fourth-order valence-electron chi connectivity index (χ4n) is 2.71. The molecule has 1 aliphatic heterocycles. The number of likely N-dealkylation sites (tertiary alicyclic amines) is 1. The number of aliphatic imine (C=N–C) groups is 1. The van der Waals surface area contributed by atoms with Crippen LogP contribution < -0.4 is 16.0 Å². The van der Waals surface area contributed by atoms with Gasteiger partial charge in [0.1, 0.15) is 5.60 Å². The van der Waals surface area contributed by atoms with Gasteiger partial charge in [-0.2, -0.15) is 0 Å². The van der Waals surface area contributed by atoms with Crippen molar-refractivity contribution in [2.45, 2.75) is 53.1 Å². The zero-order valence-corrected chi connectivity index (χ0v) is 16.7. The van der Waals surface area contributed by atoms with E-state index >= 15 is 0 Å². The molecular weight excluding hydrogens is 318 g/mol. The van der Waals surface area contributed by atoms with Crippen molar-refractivity contribution < 1.29 is 9.53 Å². The van der Waals surface area contributed by atoms with E-state index in [0.717, 1.165) is 45.1 Å². The Bertz CT molecular complexity index is 420. The summed E-state index contributed by atoms with van der Waals surface area (Å²) in [5, 5.41) is 9.37. The van der Waals surface area contributed by atoms with Crippen LogP contribution in [0.2, 0.25) is 0 Å². The molecule has 1 atom stereocenters. The van der Waals surface area contributed by atoms with Crippen molar-refractivity contribution in [2.75, 3.05) is 45.8 Å². The third-order valence-corrected chi connectivity index (χ3v) is 3.98. The Morgan fingerprint density at radius 1 is 1.20 bits per heavy atom. The third kappa shape index (κ3) is 10.2. The standard InChI is InChI=1S/C18H37N5O2/c1-6-19-16(22-13-15-9-12-23(7-2)14-15)20-10-8-11-21-17(24)25-18(3,4)5/h15H,6-14H2,1-5H3,(H,21,24)(H2,19,20,22). The van der Waals surface area contributed by atoms with E-state index in [0.29, 0.717) is 12.5 Å². The van der Waals surface area contributed by atoms with Gasteiger partial charge in [0.2, 0.25) is 0 Å². The van der Waals surface area contributed by atoms with Crippen molar-refractivity contribution >= 4 is 12.1 Å². The summed E-state index contributed by atoms with van der Waals surface area (Å²) in [5.41, 5.74) is -0.458. The zero-order valence-electron chi connectivity index (χ0n) is 16.7. The number of hydrogen-bond acceptors (Lipinski definition) is 4. The van der Waals surface area contributed by atoms with E-state index < -0.39 is 5.60 Å². The van der Waals surface area contributed by atoms with E-state index in [2.05, 4.69) is 34.7 Å². The summed E-state index contributed by atoms with van der Waals surface area (Å²) in [4.78, 5) is 18.7. The lowest BCUT2D eigenvalue weighted by Crippen LogP contribution is -2.39. The van der Waals surface area contributed by atoms with Gasteiger partial charge in [-0.1, -0.05) is 6.92 Å². The van der Waals surface area contributed by atoms with Gasteiger partial charge in [0.25, 0.3) is 0 Å². The Morgan fingerprint density at radius 2 is 1.92 bits per heavy atom. The first-order valence-corrected chi connectivity index (χ1v) is 9.55. The average Bonchev–Trinajstić information content (AvgIpc) is 2.98. The van der Waals surface area contributed by atoms with Gasteiger partial charge in [-0.25, -0.2) is 4.79 Å². The third-order valence-electron chi connectivity index (χ3n) is 3.98. The van der Waals surface area contributed by atoms with E-state index in [1.54, 1.807) is 0 Å². The highest BCUT2D eigenvalue weighted by Crippen LogP contribution is 2.15. The second-order valence-electron chi connectivity index (χ2n) is 7.48. The van der Waals surface area contributed by atoms with Crippen LogP contribution in [-0.2, 0) is 4.74 Å². The van der Waals surface area contributed by atoms with E-state index in [-0.39, 0.29) is 6.09 Å². The van der Waals surface area contributed by atoms with Gasteiger partial charge in [0.15, 0.2) is 5.96 Å². The smallest absolute Gasteiger partial charge is 0.407 e. The van der Waals surface area contributed by atoms with Gasteiger partial charge in [0.05, 0.1) is 0 Å². The summed E-state index contributed by atoms with van der Waals surface area (Å²) in [6, 6.07) is 0. The zero-order chi connectivity index (χ0) is 18.7. The minimum atomic E-state index is -0.458. The van der Waals surface area contributed by atoms with Crippen LogP contribution in [0.25, 0.3) is 0 Å². The fourth-order valence-corrected chi connectivity index (χ4v) is 2.71. The number of carbonyl (C=O) groups excluding carboxylic acids is 1. The number of hydrogen-bond donors (Lipinski definition) is 3. The molecule has 146 valence electrons. The van der Waals surface area contributed by atoms with Gasteiger partial charge in [-0.05, 0) is 59.5 Å². The molecule has 0 radical (unpaired) electrons. The van der Waals surface area contributed by atoms with Crippen LogP contribution in [0.15, 0.2) is 4.99 Å². The van der Waals surface area contributed by atoms with E-state index in [9.17, 15) is 4.79 Å². The molecule has 0 spiro atoms. The molecule has 0 bridgehead atoms. The Morgan fingerprint density at radius 3 is 2.52 bits per heavy atom. The number of guanidine groups is 1. The molecule has 7 heteroatoms. The molecule has 0 saturated carbocycles. The summed E-state index contributed by atoms with van der Waals surface area (Å²) in [6.07, 6.45) is 1.68. The Balaban J connectivity index is 2.22. The van der Waals surface area contributed by atoms with E-state index in [1.807, 2.05) is 20.8 Å². The highest BCUT2D eigenvalue weighted by molar-refractivity contribution is 5.79. The molecule has 0 aromatic carbocycles. The van der Waals surface area contributed by atoms with Crippen molar-refractivity contribution in [3.05, 3.63) is 0 Å². The summed E-state index contributed by atoms with van der Waals surface area (Å²) in [7, 11) is 0. The van der Waals surface area contributed by atoms with Crippen LogP contribution in [0.4, 0.5) is 4.79 Å². The summed E-state index contributed by atoms with van der Waals surface area (Å²) >= 11 is 0.